The van der Waals surface area contributed by atoms with Crippen molar-refractivity contribution in [3.05, 3.63) is 54.9 Å². The highest BCUT2D eigenvalue weighted by atomic mass is 35.5. The predicted molar refractivity (Wildman–Crippen MR) is 127 cm³/mol. The summed E-state index contributed by atoms with van der Waals surface area (Å²) in [5, 5.41) is 26.0. The number of halogens is 1. The van der Waals surface area contributed by atoms with Crippen molar-refractivity contribution >= 4 is 50.4 Å². The number of amides is 1. The number of benzene rings is 1. The molecule has 0 aliphatic heterocycles. The Morgan fingerprint density at radius 2 is 1.91 bits per heavy atom. The summed E-state index contributed by atoms with van der Waals surface area (Å²) in [6.45, 7) is 7.90. The fourth-order valence-electron chi connectivity index (χ4n) is 3.38. The van der Waals surface area contributed by atoms with Gasteiger partial charge in [-0.2, -0.15) is 0 Å². The van der Waals surface area contributed by atoms with Gasteiger partial charge in [0.25, 0.3) is 21.8 Å². The summed E-state index contributed by atoms with van der Waals surface area (Å²) in [6, 6.07) is 3.46. The van der Waals surface area contributed by atoms with E-state index in [0.29, 0.717) is 32.9 Å². The molecule has 1 atom stereocenters. The molecule has 1 unspecified atom stereocenters. The first-order valence-electron chi connectivity index (χ1n) is 9.83. The Labute approximate surface area is 200 Å². The molecule has 0 saturated heterocycles. The number of thiophene rings is 1. The lowest BCUT2D eigenvalue weighted by Gasteiger charge is -2.18. The minimum absolute atomic E-state index is 0.0205. The molecule has 3 rings (SSSR count). The van der Waals surface area contributed by atoms with Gasteiger partial charge in [-0.15, -0.1) is 11.3 Å². The molecule has 3 aromatic rings. The van der Waals surface area contributed by atoms with E-state index in [1.165, 1.54) is 0 Å². The highest BCUT2D eigenvalue weighted by Gasteiger charge is 2.31. The number of hydrogen-bond donors (Lipinski definition) is 4. The Morgan fingerprint density at radius 3 is 2.48 bits per heavy atom. The summed E-state index contributed by atoms with van der Waals surface area (Å²) in [6.07, 6.45) is -1.22. The summed E-state index contributed by atoms with van der Waals surface area (Å²) in [7, 11) is -4.26. The molecule has 0 saturated carbocycles. The molecule has 0 radical (unpaired) electrons. The Morgan fingerprint density at radius 1 is 1.24 bits per heavy atom. The molecular weight excluding hydrogens is 490 g/mol. The highest BCUT2D eigenvalue weighted by Crippen LogP contribution is 2.36. The molecule has 0 aliphatic carbocycles. The molecule has 0 spiro atoms. The first-order chi connectivity index (χ1) is 15.4. The number of hydrogen-bond acceptors (Lipinski definition) is 8. The number of sulfonamides is 1. The molecule has 2 aromatic heterocycles. The van der Waals surface area contributed by atoms with Gasteiger partial charge in [0.05, 0.1) is 6.61 Å². The topological polar surface area (TPSA) is 142 Å². The van der Waals surface area contributed by atoms with Gasteiger partial charge in [-0.1, -0.05) is 34.5 Å². The number of nitrogens with zero attached hydrogens (tertiary/aromatic N) is 1. The zero-order valence-corrected chi connectivity index (χ0v) is 21.0. The molecule has 0 fully saturated rings. The van der Waals surface area contributed by atoms with Gasteiger partial charge in [0.1, 0.15) is 26.6 Å². The van der Waals surface area contributed by atoms with E-state index in [1.54, 1.807) is 33.8 Å². The number of rotatable bonds is 7. The number of nitrogens with one attached hydrogen (secondary N) is 2. The molecule has 1 amide bonds. The first-order valence-corrected chi connectivity index (χ1v) is 12.5. The van der Waals surface area contributed by atoms with E-state index in [2.05, 4.69) is 15.2 Å². The minimum Gasteiger partial charge on any atom is -0.393 e. The molecule has 1 aromatic carbocycles. The fraction of sp³-hybridized carbons (Fsp3) is 0.333. The van der Waals surface area contributed by atoms with Crippen LogP contribution < -0.4 is 10.0 Å². The number of carbonyl (C=O) groups is 1. The Hall–Kier alpha value is -2.44. The number of aromatic nitrogens is 1. The summed E-state index contributed by atoms with van der Waals surface area (Å²) < 4.78 is 33.6. The van der Waals surface area contributed by atoms with Crippen molar-refractivity contribution < 1.29 is 27.9 Å². The maximum atomic E-state index is 13.3. The van der Waals surface area contributed by atoms with E-state index >= 15 is 0 Å². The second-order valence-electron chi connectivity index (χ2n) is 7.66. The van der Waals surface area contributed by atoms with Crippen LogP contribution in [0, 0.1) is 34.6 Å². The number of aryl methyl sites for hydroxylation is 4. The van der Waals surface area contributed by atoms with Crippen LogP contribution in [-0.2, 0) is 10.0 Å². The molecule has 9 nitrogen and oxygen atoms in total. The average molecular weight is 514 g/mol. The lowest BCUT2D eigenvalue weighted by molar-refractivity contribution is 0.0955. The predicted octanol–water partition coefficient (Wildman–Crippen LogP) is 4.01. The third kappa shape index (κ3) is 4.92. The van der Waals surface area contributed by atoms with Gasteiger partial charge in [-0.3, -0.25) is 4.79 Å². The number of anilines is 2. The van der Waals surface area contributed by atoms with Crippen LogP contribution >= 0.6 is 22.9 Å². The third-order valence-corrected chi connectivity index (χ3v) is 8.39. The van der Waals surface area contributed by atoms with Crippen LogP contribution in [0.1, 0.15) is 48.6 Å². The summed E-state index contributed by atoms with van der Waals surface area (Å²) >= 11 is 7.07. The molecule has 12 heteroatoms. The van der Waals surface area contributed by atoms with Crippen molar-refractivity contribution in [1.82, 2.24) is 5.16 Å². The summed E-state index contributed by atoms with van der Waals surface area (Å²) in [5.74, 6) is -0.915. The number of carbonyl (C=O) groups excluding carboxylic acids is 1. The van der Waals surface area contributed by atoms with E-state index in [-0.39, 0.29) is 20.7 Å². The normalized spacial score (nSPS) is 12.6. The fourth-order valence-corrected chi connectivity index (χ4v) is 6.40. The molecule has 178 valence electrons. The maximum Gasteiger partial charge on any atom is 0.267 e. The highest BCUT2D eigenvalue weighted by molar-refractivity contribution is 7.93. The largest absolute Gasteiger partial charge is 0.393 e. The van der Waals surface area contributed by atoms with Crippen LogP contribution in [0.25, 0.3) is 0 Å². The number of aliphatic hydroxyl groups is 2. The second-order valence-corrected chi connectivity index (χ2v) is 10.9. The summed E-state index contributed by atoms with van der Waals surface area (Å²) in [4.78, 5) is 13.7. The molecule has 2 heterocycles. The zero-order chi connectivity index (χ0) is 24.7. The maximum absolute atomic E-state index is 13.3. The van der Waals surface area contributed by atoms with Gasteiger partial charge in [0, 0.05) is 16.1 Å². The van der Waals surface area contributed by atoms with Crippen LogP contribution in [0.4, 0.5) is 11.6 Å². The van der Waals surface area contributed by atoms with Gasteiger partial charge in [-0.05, 0) is 45.7 Å². The van der Waals surface area contributed by atoms with Crippen LogP contribution in [-0.4, -0.2) is 36.3 Å². The molecule has 33 heavy (non-hydrogen) atoms. The van der Waals surface area contributed by atoms with Gasteiger partial charge < -0.3 is 20.1 Å². The van der Waals surface area contributed by atoms with E-state index in [4.69, 9.17) is 16.1 Å². The standard InChI is InChI=1S/C21H24ClN3O6S2/c1-9-6-10(2)17(14(7-9)15(27)8-26)23-20(28)18-19(11(3)13(5)32-18)33(29,30)25-21-16(22)12(4)24-31-21/h6-7,15,25-27H,8H2,1-5H3,(H,23,28). The average Bonchev–Trinajstić information content (AvgIpc) is 3.22. The molecule has 0 aliphatic rings. The first kappa shape index (κ1) is 25.2. The van der Waals surface area contributed by atoms with Crippen molar-refractivity contribution in [3.8, 4) is 0 Å². The molecule has 0 bridgehead atoms. The number of aliphatic hydroxyl groups excluding tert-OH is 2. The van der Waals surface area contributed by atoms with Crippen LogP contribution in [0.3, 0.4) is 0 Å². The summed E-state index contributed by atoms with van der Waals surface area (Å²) in [5.41, 5.74) is 2.85. The zero-order valence-electron chi connectivity index (χ0n) is 18.6. The molecule has 4 N–H and O–H groups in total. The Kier molecular flexibility index (Phi) is 7.20. The van der Waals surface area contributed by atoms with Crippen molar-refractivity contribution in [2.45, 2.75) is 45.6 Å². The van der Waals surface area contributed by atoms with E-state index < -0.39 is 28.6 Å². The van der Waals surface area contributed by atoms with Gasteiger partial charge >= 0.3 is 0 Å². The van der Waals surface area contributed by atoms with Crippen LogP contribution in [0.15, 0.2) is 21.6 Å². The second kappa shape index (κ2) is 9.43. The lowest BCUT2D eigenvalue weighted by Crippen LogP contribution is -2.20. The van der Waals surface area contributed by atoms with Gasteiger partial charge in [-0.25, -0.2) is 13.1 Å². The van der Waals surface area contributed by atoms with Crippen molar-refractivity contribution in [2.24, 2.45) is 0 Å². The smallest absolute Gasteiger partial charge is 0.267 e. The lowest BCUT2D eigenvalue weighted by atomic mass is 10.00. The van der Waals surface area contributed by atoms with E-state index in [0.717, 1.165) is 16.9 Å². The quantitative estimate of drug-likeness (QED) is 0.374. The van der Waals surface area contributed by atoms with Crippen LogP contribution in [0.5, 0.6) is 0 Å². The van der Waals surface area contributed by atoms with Crippen molar-refractivity contribution in [1.29, 1.82) is 0 Å². The SMILES string of the molecule is Cc1cc(C)c(NC(=O)c2sc(C)c(C)c2S(=O)(=O)Nc2onc(C)c2Cl)c(C(O)CO)c1. The third-order valence-electron chi connectivity index (χ3n) is 5.10. The van der Waals surface area contributed by atoms with Gasteiger partial charge in [0.2, 0.25) is 0 Å². The van der Waals surface area contributed by atoms with Crippen molar-refractivity contribution in [2.75, 3.05) is 16.6 Å². The van der Waals surface area contributed by atoms with Gasteiger partial charge in [0.15, 0.2) is 0 Å². The van der Waals surface area contributed by atoms with E-state index in [9.17, 15) is 23.4 Å². The minimum atomic E-state index is -4.26. The van der Waals surface area contributed by atoms with Crippen LogP contribution in [0.2, 0.25) is 5.02 Å². The Bertz CT molecular complexity index is 1330. The molecular formula is C21H24ClN3O6S2. The monoisotopic (exact) mass is 513 g/mol. The Balaban J connectivity index is 2.05. The van der Waals surface area contributed by atoms with Crippen molar-refractivity contribution in [3.63, 3.8) is 0 Å². The van der Waals surface area contributed by atoms with E-state index in [1.807, 2.05) is 13.0 Å².